The molecule has 0 radical (unpaired) electrons. The van der Waals surface area contributed by atoms with Gasteiger partial charge in [-0.25, -0.2) is 8.42 Å². The van der Waals surface area contributed by atoms with Crippen molar-refractivity contribution in [1.82, 2.24) is 14.9 Å². The number of hydrogen-bond acceptors (Lipinski definition) is 4. The number of sulfonamides is 1. The standard InChI is InChI=1S/C18H27F3N4O3S.HI/c1-14-4-3-5-16(12-14)28-11-8-23-17(22-2)24-13-15-6-9-25(10-7-15)29(26,27)18(19,20)21;/h3-5,12,15H,6-11,13H2,1-2H3,(H2,22,23,24);1H. The zero-order chi connectivity index (χ0) is 21.5. The fraction of sp³-hybridized carbons (Fsp3) is 0.611. The molecule has 7 nitrogen and oxygen atoms in total. The normalized spacial score (nSPS) is 16.6. The average Bonchev–Trinajstić information content (AvgIpc) is 2.67. The molecule has 0 aromatic heterocycles. The number of piperidine rings is 1. The minimum atomic E-state index is -5.25. The van der Waals surface area contributed by atoms with Crippen LogP contribution in [0.2, 0.25) is 0 Å². The van der Waals surface area contributed by atoms with E-state index in [0.29, 0.717) is 42.8 Å². The van der Waals surface area contributed by atoms with Gasteiger partial charge in [0.2, 0.25) is 0 Å². The number of halogens is 4. The van der Waals surface area contributed by atoms with Crippen LogP contribution < -0.4 is 15.4 Å². The van der Waals surface area contributed by atoms with E-state index >= 15 is 0 Å². The van der Waals surface area contributed by atoms with E-state index in [2.05, 4.69) is 15.6 Å². The topological polar surface area (TPSA) is 83.0 Å². The Morgan fingerprint density at radius 1 is 1.27 bits per heavy atom. The summed E-state index contributed by atoms with van der Waals surface area (Å²) in [4.78, 5) is 4.10. The molecule has 2 rings (SSSR count). The largest absolute Gasteiger partial charge is 0.511 e. The smallest absolute Gasteiger partial charge is 0.492 e. The van der Waals surface area contributed by atoms with Gasteiger partial charge >= 0.3 is 15.5 Å². The van der Waals surface area contributed by atoms with Crippen molar-refractivity contribution < 1.29 is 26.3 Å². The Bertz CT molecular complexity index is 798. The fourth-order valence-electron chi connectivity index (χ4n) is 3.01. The van der Waals surface area contributed by atoms with Crippen LogP contribution in [-0.4, -0.2) is 64.0 Å². The van der Waals surface area contributed by atoms with Crippen molar-refractivity contribution in [3.8, 4) is 5.75 Å². The molecule has 12 heteroatoms. The first-order valence-electron chi connectivity index (χ1n) is 9.34. The highest BCUT2D eigenvalue weighted by atomic mass is 127. The Morgan fingerprint density at radius 3 is 2.50 bits per heavy atom. The first-order valence-corrected chi connectivity index (χ1v) is 10.8. The predicted octanol–water partition coefficient (Wildman–Crippen LogP) is 2.72. The van der Waals surface area contributed by atoms with Crippen LogP contribution in [0.5, 0.6) is 5.75 Å². The van der Waals surface area contributed by atoms with Gasteiger partial charge in [0.1, 0.15) is 12.4 Å². The van der Waals surface area contributed by atoms with Gasteiger partial charge in [-0.15, -0.1) is 24.0 Å². The summed E-state index contributed by atoms with van der Waals surface area (Å²) in [5, 5.41) is 6.23. The molecule has 172 valence electrons. The molecule has 30 heavy (non-hydrogen) atoms. The highest BCUT2D eigenvalue weighted by Gasteiger charge is 2.50. The molecule has 1 aliphatic rings. The van der Waals surface area contributed by atoms with Gasteiger partial charge in [-0.1, -0.05) is 12.1 Å². The van der Waals surface area contributed by atoms with E-state index in [9.17, 15) is 21.6 Å². The van der Waals surface area contributed by atoms with Gasteiger partial charge in [0.05, 0.1) is 6.54 Å². The first-order chi connectivity index (χ1) is 13.6. The number of guanidine groups is 1. The summed E-state index contributed by atoms with van der Waals surface area (Å²) < 4.78 is 66.9. The SMILES string of the molecule is CN=C(NCCOc1cccc(C)c1)NCC1CCN(S(=O)(=O)C(F)(F)F)CC1.I. The van der Waals surface area contributed by atoms with E-state index in [1.807, 2.05) is 31.2 Å². The van der Waals surface area contributed by atoms with Crippen LogP contribution in [0.25, 0.3) is 0 Å². The maximum Gasteiger partial charge on any atom is 0.511 e. The van der Waals surface area contributed by atoms with Gasteiger partial charge in [-0.2, -0.15) is 17.5 Å². The molecule has 1 saturated heterocycles. The fourth-order valence-corrected chi connectivity index (χ4v) is 3.99. The van der Waals surface area contributed by atoms with Gasteiger partial charge < -0.3 is 15.4 Å². The summed E-state index contributed by atoms with van der Waals surface area (Å²) in [6.45, 7) is 3.18. The van der Waals surface area contributed by atoms with Crippen molar-refractivity contribution in [3.63, 3.8) is 0 Å². The molecular formula is C18H28F3IN4O3S. The maximum absolute atomic E-state index is 12.6. The lowest BCUT2D eigenvalue weighted by Crippen LogP contribution is -2.47. The second kappa shape index (κ2) is 11.9. The Balaban J connectivity index is 0.00000450. The molecule has 1 aliphatic heterocycles. The maximum atomic E-state index is 12.6. The summed E-state index contributed by atoms with van der Waals surface area (Å²) in [5.74, 6) is 1.41. The van der Waals surface area contributed by atoms with Crippen LogP contribution in [-0.2, 0) is 10.0 Å². The second-order valence-corrected chi connectivity index (χ2v) is 8.77. The summed E-state index contributed by atoms with van der Waals surface area (Å²) >= 11 is 0. The molecule has 1 heterocycles. The van der Waals surface area contributed by atoms with Gasteiger partial charge in [-0.05, 0) is 43.4 Å². The van der Waals surface area contributed by atoms with Crippen LogP contribution in [0.3, 0.4) is 0 Å². The van der Waals surface area contributed by atoms with Gasteiger partial charge in [0, 0.05) is 26.7 Å². The lowest BCUT2D eigenvalue weighted by molar-refractivity contribution is -0.0496. The summed E-state index contributed by atoms with van der Waals surface area (Å²) in [6.07, 6.45) is 0.714. The minimum Gasteiger partial charge on any atom is -0.492 e. The lowest BCUT2D eigenvalue weighted by Gasteiger charge is -2.31. The second-order valence-electron chi connectivity index (χ2n) is 6.84. The van der Waals surface area contributed by atoms with E-state index in [1.54, 1.807) is 7.05 Å². The Labute approximate surface area is 192 Å². The number of aliphatic imine (C=N–C) groups is 1. The third-order valence-electron chi connectivity index (χ3n) is 4.64. The average molecular weight is 564 g/mol. The zero-order valence-corrected chi connectivity index (χ0v) is 20.1. The van der Waals surface area contributed by atoms with E-state index in [4.69, 9.17) is 4.74 Å². The zero-order valence-electron chi connectivity index (χ0n) is 16.9. The number of benzene rings is 1. The Hall–Kier alpha value is -1.28. The van der Waals surface area contributed by atoms with Gasteiger partial charge in [-0.3, -0.25) is 4.99 Å². The van der Waals surface area contributed by atoms with Crippen LogP contribution in [0, 0.1) is 12.8 Å². The molecular weight excluding hydrogens is 536 g/mol. The molecule has 1 aromatic carbocycles. The number of nitrogens with one attached hydrogen (secondary N) is 2. The van der Waals surface area contributed by atoms with Crippen molar-refractivity contribution >= 4 is 40.0 Å². The van der Waals surface area contributed by atoms with Crippen LogP contribution in [0.4, 0.5) is 13.2 Å². The van der Waals surface area contributed by atoms with Crippen LogP contribution in [0.15, 0.2) is 29.3 Å². The van der Waals surface area contributed by atoms with E-state index in [1.165, 1.54) is 0 Å². The number of hydrogen-bond donors (Lipinski definition) is 2. The van der Waals surface area contributed by atoms with Crippen LogP contribution >= 0.6 is 24.0 Å². The van der Waals surface area contributed by atoms with E-state index in [-0.39, 0.29) is 43.0 Å². The molecule has 0 atom stereocenters. The highest BCUT2D eigenvalue weighted by molar-refractivity contribution is 14.0. The molecule has 2 N–H and O–H groups in total. The number of rotatable bonds is 7. The van der Waals surface area contributed by atoms with Crippen molar-refractivity contribution in [3.05, 3.63) is 29.8 Å². The molecule has 0 unspecified atom stereocenters. The summed E-state index contributed by atoms with van der Waals surface area (Å²) in [7, 11) is -3.62. The third-order valence-corrected chi connectivity index (χ3v) is 6.27. The Kier molecular flexibility index (Phi) is 10.6. The van der Waals surface area contributed by atoms with Crippen molar-refractivity contribution in [1.29, 1.82) is 0 Å². The molecule has 0 amide bonds. The molecule has 0 spiro atoms. The lowest BCUT2D eigenvalue weighted by atomic mass is 9.98. The molecule has 1 fully saturated rings. The quantitative estimate of drug-likeness (QED) is 0.231. The number of ether oxygens (including phenoxy) is 1. The third kappa shape index (κ3) is 7.76. The Morgan fingerprint density at radius 2 is 1.93 bits per heavy atom. The van der Waals surface area contributed by atoms with Crippen molar-refractivity contribution in [2.45, 2.75) is 25.3 Å². The first kappa shape index (κ1) is 26.8. The summed E-state index contributed by atoms with van der Waals surface area (Å²) in [6, 6.07) is 7.73. The van der Waals surface area contributed by atoms with E-state index < -0.39 is 15.5 Å². The molecule has 1 aromatic rings. The molecule has 0 saturated carbocycles. The van der Waals surface area contributed by atoms with Gasteiger partial charge in [0.15, 0.2) is 5.96 Å². The number of nitrogens with zero attached hydrogens (tertiary/aromatic N) is 2. The summed E-state index contributed by atoms with van der Waals surface area (Å²) in [5.41, 5.74) is -4.13. The minimum absolute atomic E-state index is 0. The monoisotopic (exact) mass is 564 g/mol. The van der Waals surface area contributed by atoms with E-state index in [0.717, 1.165) is 11.3 Å². The van der Waals surface area contributed by atoms with Crippen molar-refractivity contribution in [2.75, 3.05) is 39.8 Å². The van der Waals surface area contributed by atoms with Crippen LogP contribution in [0.1, 0.15) is 18.4 Å². The molecule has 0 aliphatic carbocycles. The number of alkyl halides is 3. The molecule has 0 bridgehead atoms. The van der Waals surface area contributed by atoms with Gasteiger partial charge in [0.25, 0.3) is 0 Å². The highest BCUT2D eigenvalue weighted by Crippen LogP contribution is 2.30. The number of aryl methyl sites for hydroxylation is 1. The predicted molar refractivity (Wildman–Crippen MR) is 121 cm³/mol. The van der Waals surface area contributed by atoms with Crippen molar-refractivity contribution in [2.24, 2.45) is 10.9 Å².